The number of fused-ring (bicyclic) bond motifs is 5. The van der Waals surface area contributed by atoms with Gasteiger partial charge in [-0.2, -0.15) is 0 Å². The number of aromatic nitrogens is 8. The van der Waals surface area contributed by atoms with Crippen LogP contribution in [0.4, 0.5) is 0 Å². The highest BCUT2D eigenvalue weighted by molar-refractivity contribution is 6.09. The molecule has 41 heavy (non-hydrogen) atoms. The van der Waals surface area contributed by atoms with Gasteiger partial charge < -0.3 is 0 Å². The van der Waals surface area contributed by atoms with Crippen molar-refractivity contribution in [3.8, 4) is 45.4 Å². The molecule has 8 heteroatoms. The SMILES string of the molecule is c1cncc(-c2nc(-c3ccc(-c4nc5ccccc5c5nc6ccccn6c45)cc3)nc(-c3cccnc3)n2)c1. The zero-order valence-corrected chi connectivity index (χ0v) is 21.6. The third-order valence-electron chi connectivity index (χ3n) is 7.04. The fraction of sp³-hybridized carbons (Fsp3) is 0. The van der Waals surface area contributed by atoms with E-state index >= 15 is 0 Å². The molecule has 0 N–H and O–H groups in total. The molecule has 192 valence electrons. The van der Waals surface area contributed by atoms with Crippen LogP contribution in [0.15, 0.2) is 122 Å². The first kappa shape index (κ1) is 23.0. The zero-order chi connectivity index (χ0) is 27.2. The standard InChI is InChI=1S/C33H20N8/c1-2-10-26-25(9-1)29-30(41-18-4-3-11-27(41)37-29)28(36-26)21-12-14-22(15-13-21)31-38-32(23-7-5-16-34-19-23)40-33(39-31)24-8-6-17-35-20-24/h1-20H. The topological polar surface area (TPSA) is 94.6 Å². The molecule has 0 fully saturated rings. The highest BCUT2D eigenvalue weighted by Crippen LogP contribution is 2.34. The van der Waals surface area contributed by atoms with Gasteiger partial charge in [-0.15, -0.1) is 0 Å². The molecular formula is C33H20N8. The maximum atomic E-state index is 5.09. The van der Waals surface area contributed by atoms with Gasteiger partial charge in [0.2, 0.25) is 0 Å². The Labute approximate surface area is 234 Å². The lowest BCUT2D eigenvalue weighted by Gasteiger charge is -2.10. The van der Waals surface area contributed by atoms with Crippen molar-refractivity contribution in [1.29, 1.82) is 0 Å². The molecule has 0 spiro atoms. The van der Waals surface area contributed by atoms with E-state index in [-0.39, 0.29) is 0 Å². The van der Waals surface area contributed by atoms with Gasteiger partial charge in [-0.3, -0.25) is 14.4 Å². The van der Waals surface area contributed by atoms with Crippen LogP contribution in [0.1, 0.15) is 0 Å². The Bertz CT molecular complexity index is 2130. The summed E-state index contributed by atoms with van der Waals surface area (Å²) in [4.78, 5) is 32.9. The molecule has 8 nitrogen and oxygen atoms in total. The monoisotopic (exact) mass is 528 g/mol. The summed E-state index contributed by atoms with van der Waals surface area (Å²) in [5, 5.41) is 1.03. The molecule has 0 radical (unpaired) electrons. The van der Waals surface area contributed by atoms with Crippen molar-refractivity contribution < 1.29 is 0 Å². The van der Waals surface area contributed by atoms with Crippen LogP contribution >= 0.6 is 0 Å². The summed E-state index contributed by atoms with van der Waals surface area (Å²) < 4.78 is 2.10. The van der Waals surface area contributed by atoms with E-state index in [2.05, 4.69) is 32.6 Å². The van der Waals surface area contributed by atoms with Crippen molar-refractivity contribution in [1.82, 2.24) is 39.3 Å². The molecule has 0 aliphatic rings. The number of nitrogens with zero attached hydrogens (tertiary/aromatic N) is 8. The van der Waals surface area contributed by atoms with Gasteiger partial charge in [0.15, 0.2) is 17.5 Å². The van der Waals surface area contributed by atoms with Gasteiger partial charge in [0, 0.05) is 58.6 Å². The van der Waals surface area contributed by atoms with Crippen LogP contribution in [0.2, 0.25) is 0 Å². The van der Waals surface area contributed by atoms with Gasteiger partial charge in [0.05, 0.1) is 16.7 Å². The van der Waals surface area contributed by atoms with E-state index in [1.165, 1.54) is 0 Å². The Morgan fingerprint density at radius 2 is 1.12 bits per heavy atom. The second-order valence-corrected chi connectivity index (χ2v) is 9.58. The summed E-state index contributed by atoms with van der Waals surface area (Å²) in [7, 11) is 0. The molecule has 0 aliphatic heterocycles. The van der Waals surface area contributed by atoms with E-state index in [9.17, 15) is 0 Å². The Morgan fingerprint density at radius 1 is 0.488 bits per heavy atom. The maximum Gasteiger partial charge on any atom is 0.165 e. The van der Waals surface area contributed by atoms with E-state index in [4.69, 9.17) is 24.9 Å². The van der Waals surface area contributed by atoms with Crippen LogP contribution in [0.5, 0.6) is 0 Å². The Morgan fingerprint density at radius 3 is 1.80 bits per heavy atom. The molecule has 6 aromatic heterocycles. The summed E-state index contributed by atoms with van der Waals surface area (Å²) in [5.41, 5.74) is 8.03. The van der Waals surface area contributed by atoms with Gasteiger partial charge in [0.1, 0.15) is 11.2 Å². The molecule has 0 unspecified atom stereocenters. The predicted molar refractivity (Wildman–Crippen MR) is 159 cm³/mol. The second kappa shape index (κ2) is 9.39. The molecule has 2 aromatic carbocycles. The van der Waals surface area contributed by atoms with Crippen LogP contribution in [0.25, 0.3) is 73.0 Å². The fourth-order valence-corrected chi connectivity index (χ4v) is 5.09. The minimum atomic E-state index is 0.551. The van der Waals surface area contributed by atoms with E-state index < -0.39 is 0 Å². The predicted octanol–water partition coefficient (Wildman–Crippen LogP) is 6.68. The molecule has 6 heterocycles. The zero-order valence-electron chi connectivity index (χ0n) is 21.6. The van der Waals surface area contributed by atoms with Gasteiger partial charge in [-0.05, 0) is 42.5 Å². The number of imidazole rings is 1. The van der Waals surface area contributed by atoms with E-state index in [1.54, 1.807) is 24.8 Å². The van der Waals surface area contributed by atoms with Crippen LogP contribution in [-0.4, -0.2) is 39.3 Å². The van der Waals surface area contributed by atoms with Gasteiger partial charge in [0.25, 0.3) is 0 Å². The average molecular weight is 529 g/mol. The molecule has 0 amide bonds. The molecule has 0 atom stereocenters. The van der Waals surface area contributed by atoms with E-state index in [0.29, 0.717) is 17.5 Å². The first-order valence-corrected chi connectivity index (χ1v) is 13.1. The smallest absolute Gasteiger partial charge is 0.165 e. The summed E-state index contributed by atoms with van der Waals surface area (Å²) >= 11 is 0. The highest BCUT2D eigenvalue weighted by Gasteiger charge is 2.17. The first-order chi connectivity index (χ1) is 20.3. The van der Waals surface area contributed by atoms with Crippen LogP contribution in [0.3, 0.4) is 0 Å². The molecule has 0 aliphatic carbocycles. The fourth-order valence-electron chi connectivity index (χ4n) is 5.09. The number of benzene rings is 2. The maximum absolute atomic E-state index is 5.09. The lowest BCUT2D eigenvalue weighted by molar-refractivity contribution is 1.07. The summed E-state index contributed by atoms with van der Waals surface area (Å²) in [6.45, 7) is 0. The van der Waals surface area contributed by atoms with Crippen molar-refractivity contribution in [2.75, 3.05) is 0 Å². The second-order valence-electron chi connectivity index (χ2n) is 9.58. The molecule has 8 rings (SSSR count). The minimum absolute atomic E-state index is 0.551. The number of pyridine rings is 4. The van der Waals surface area contributed by atoms with E-state index in [1.807, 2.05) is 79.0 Å². The van der Waals surface area contributed by atoms with Crippen LogP contribution in [0, 0.1) is 0 Å². The summed E-state index contributed by atoms with van der Waals surface area (Å²) in [5.74, 6) is 1.67. The normalized spacial score (nSPS) is 11.4. The van der Waals surface area contributed by atoms with Crippen molar-refractivity contribution in [2.24, 2.45) is 0 Å². The number of hydrogen-bond donors (Lipinski definition) is 0. The lowest BCUT2D eigenvalue weighted by atomic mass is 10.0. The quantitative estimate of drug-likeness (QED) is 0.251. The lowest BCUT2D eigenvalue weighted by Crippen LogP contribution is -2.00. The van der Waals surface area contributed by atoms with Crippen molar-refractivity contribution in [3.63, 3.8) is 0 Å². The Hall–Kier alpha value is -5.89. The third-order valence-corrected chi connectivity index (χ3v) is 7.04. The summed E-state index contributed by atoms with van der Waals surface area (Å²) in [6, 6.07) is 29.9. The van der Waals surface area contributed by atoms with Crippen LogP contribution in [-0.2, 0) is 0 Å². The average Bonchev–Trinajstić information content (AvgIpc) is 3.45. The van der Waals surface area contributed by atoms with Crippen molar-refractivity contribution >= 4 is 27.6 Å². The van der Waals surface area contributed by atoms with E-state index in [0.717, 1.165) is 55.5 Å². The third kappa shape index (κ3) is 3.97. The molecule has 0 saturated carbocycles. The van der Waals surface area contributed by atoms with Crippen molar-refractivity contribution in [3.05, 3.63) is 122 Å². The molecule has 0 bridgehead atoms. The Kier molecular flexibility index (Phi) is 5.28. The highest BCUT2D eigenvalue weighted by atomic mass is 15.0. The molecular weight excluding hydrogens is 508 g/mol. The largest absolute Gasteiger partial charge is 0.298 e. The number of para-hydroxylation sites is 1. The Balaban J connectivity index is 1.29. The number of hydrogen-bond acceptors (Lipinski definition) is 7. The molecule has 0 saturated heterocycles. The minimum Gasteiger partial charge on any atom is -0.298 e. The van der Waals surface area contributed by atoms with Crippen LogP contribution < -0.4 is 0 Å². The van der Waals surface area contributed by atoms with Gasteiger partial charge in [-0.1, -0.05) is 48.5 Å². The summed E-state index contributed by atoms with van der Waals surface area (Å²) in [6.07, 6.45) is 9.00. The van der Waals surface area contributed by atoms with Gasteiger partial charge >= 0.3 is 0 Å². The molecule has 8 aromatic rings. The number of rotatable bonds is 4. The first-order valence-electron chi connectivity index (χ1n) is 13.1. The van der Waals surface area contributed by atoms with Gasteiger partial charge in [-0.25, -0.2) is 24.9 Å². The van der Waals surface area contributed by atoms with Crippen molar-refractivity contribution in [2.45, 2.75) is 0 Å².